The van der Waals surface area contributed by atoms with Gasteiger partial charge in [-0.3, -0.25) is 14.9 Å². The second-order valence-electron chi connectivity index (χ2n) is 3.89. The Morgan fingerprint density at radius 1 is 1.38 bits per heavy atom. The Labute approximate surface area is 124 Å². The smallest absolute Gasteiger partial charge is 0.267 e. The van der Waals surface area contributed by atoms with Crippen molar-refractivity contribution in [1.82, 2.24) is 10.4 Å². The zero-order valence-corrected chi connectivity index (χ0v) is 11.3. The fourth-order valence-corrected chi connectivity index (χ4v) is 1.70. The van der Waals surface area contributed by atoms with E-state index in [1.165, 1.54) is 36.7 Å². The van der Waals surface area contributed by atoms with E-state index in [9.17, 15) is 14.9 Å². The molecule has 0 aliphatic rings. The molecule has 0 bridgehead atoms. The molecule has 0 spiro atoms. The highest BCUT2D eigenvalue weighted by Crippen LogP contribution is 2.12. The molecule has 0 radical (unpaired) electrons. The minimum Gasteiger partial charge on any atom is -0.267 e. The number of nitrogens with zero attached hydrogens (tertiary/aromatic N) is 3. The minimum atomic E-state index is -0.519. The molecule has 0 unspecified atom stereocenters. The number of rotatable bonds is 4. The maximum absolute atomic E-state index is 11.8. The molecule has 0 fully saturated rings. The van der Waals surface area contributed by atoms with Crippen molar-refractivity contribution < 1.29 is 9.72 Å². The third kappa shape index (κ3) is 3.83. The third-order valence-corrected chi connectivity index (χ3v) is 2.77. The summed E-state index contributed by atoms with van der Waals surface area (Å²) in [6.45, 7) is 0. The van der Waals surface area contributed by atoms with E-state index in [4.69, 9.17) is 11.6 Å². The van der Waals surface area contributed by atoms with Gasteiger partial charge in [0.05, 0.1) is 16.7 Å². The SMILES string of the molecule is O=C(NN=Cc1cccc([N+](=O)[O-])c1)c1cccnc1Cl. The fraction of sp³-hybridized carbons (Fsp3) is 0. The molecule has 0 aliphatic heterocycles. The van der Waals surface area contributed by atoms with Gasteiger partial charge in [0, 0.05) is 23.9 Å². The number of nitrogens with one attached hydrogen (secondary N) is 1. The molecule has 0 saturated carbocycles. The monoisotopic (exact) mass is 304 g/mol. The first kappa shape index (κ1) is 14.6. The number of pyridine rings is 1. The number of carbonyl (C=O) groups is 1. The molecule has 1 aromatic heterocycles. The molecular formula is C13H9ClN4O3. The van der Waals surface area contributed by atoms with Crippen LogP contribution >= 0.6 is 11.6 Å². The molecule has 7 nitrogen and oxygen atoms in total. The van der Waals surface area contributed by atoms with Crippen LogP contribution in [0.15, 0.2) is 47.7 Å². The summed E-state index contributed by atoms with van der Waals surface area (Å²) >= 11 is 5.77. The number of hydrogen-bond acceptors (Lipinski definition) is 5. The molecule has 21 heavy (non-hydrogen) atoms. The molecule has 0 aliphatic carbocycles. The first-order valence-electron chi connectivity index (χ1n) is 5.76. The largest absolute Gasteiger partial charge is 0.274 e. The minimum absolute atomic E-state index is 0.0550. The summed E-state index contributed by atoms with van der Waals surface area (Å²) in [5, 5.41) is 14.4. The van der Waals surface area contributed by atoms with Crippen LogP contribution in [-0.2, 0) is 0 Å². The summed E-state index contributed by atoms with van der Waals surface area (Å²) in [4.78, 5) is 25.7. The van der Waals surface area contributed by atoms with Crippen molar-refractivity contribution in [3.8, 4) is 0 Å². The molecule has 1 aromatic carbocycles. The highest BCUT2D eigenvalue weighted by Gasteiger charge is 2.09. The number of amides is 1. The lowest BCUT2D eigenvalue weighted by molar-refractivity contribution is -0.384. The topological polar surface area (TPSA) is 97.5 Å². The van der Waals surface area contributed by atoms with Crippen LogP contribution in [0.25, 0.3) is 0 Å². The third-order valence-electron chi connectivity index (χ3n) is 2.46. The first-order chi connectivity index (χ1) is 10.1. The van der Waals surface area contributed by atoms with Crippen LogP contribution in [0.2, 0.25) is 5.15 Å². The Kier molecular flexibility index (Phi) is 4.57. The maximum Gasteiger partial charge on any atom is 0.274 e. The zero-order chi connectivity index (χ0) is 15.2. The average molecular weight is 305 g/mol. The van der Waals surface area contributed by atoms with Crippen LogP contribution in [-0.4, -0.2) is 22.0 Å². The van der Waals surface area contributed by atoms with Crippen LogP contribution in [0.1, 0.15) is 15.9 Å². The lowest BCUT2D eigenvalue weighted by atomic mass is 10.2. The van der Waals surface area contributed by atoms with Gasteiger partial charge in [0.15, 0.2) is 0 Å². The van der Waals surface area contributed by atoms with Crippen LogP contribution < -0.4 is 5.43 Å². The summed E-state index contributed by atoms with van der Waals surface area (Å²) in [5.74, 6) is -0.519. The van der Waals surface area contributed by atoms with E-state index in [2.05, 4.69) is 15.5 Å². The number of nitro benzene ring substituents is 1. The Balaban J connectivity index is 2.06. The number of hydrazone groups is 1. The second-order valence-corrected chi connectivity index (χ2v) is 4.25. The van der Waals surface area contributed by atoms with Crippen molar-refractivity contribution in [3.05, 3.63) is 69.0 Å². The van der Waals surface area contributed by atoms with E-state index < -0.39 is 10.8 Å². The van der Waals surface area contributed by atoms with E-state index in [0.717, 1.165) is 0 Å². The molecule has 1 N–H and O–H groups in total. The van der Waals surface area contributed by atoms with Gasteiger partial charge >= 0.3 is 0 Å². The normalized spacial score (nSPS) is 10.5. The lowest BCUT2D eigenvalue weighted by Crippen LogP contribution is -2.18. The van der Waals surface area contributed by atoms with Gasteiger partial charge in [-0.1, -0.05) is 23.7 Å². The van der Waals surface area contributed by atoms with E-state index in [-0.39, 0.29) is 16.4 Å². The molecule has 2 rings (SSSR count). The summed E-state index contributed by atoms with van der Waals surface area (Å²) in [6, 6.07) is 8.94. The number of non-ortho nitro benzene ring substituents is 1. The summed E-state index contributed by atoms with van der Waals surface area (Å²) in [5.41, 5.74) is 2.90. The van der Waals surface area contributed by atoms with Crippen molar-refractivity contribution in [1.29, 1.82) is 0 Å². The van der Waals surface area contributed by atoms with E-state index in [1.54, 1.807) is 12.1 Å². The molecule has 2 aromatic rings. The molecule has 0 atom stereocenters. The fourth-order valence-electron chi connectivity index (χ4n) is 1.50. The first-order valence-corrected chi connectivity index (χ1v) is 6.14. The number of hydrogen-bond donors (Lipinski definition) is 1. The van der Waals surface area contributed by atoms with Gasteiger partial charge in [0.25, 0.3) is 11.6 Å². The van der Waals surface area contributed by atoms with Crippen LogP contribution in [0.3, 0.4) is 0 Å². The predicted octanol–water partition coefficient (Wildman–Crippen LogP) is 2.41. The van der Waals surface area contributed by atoms with Gasteiger partial charge in [-0.25, -0.2) is 10.4 Å². The number of halogens is 1. The molecule has 1 heterocycles. The number of carbonyl (C=O) groups excluding carboxylic acids is 1. The van der Waals surface area contributed by atoms with Crippen LogP contribution in [0, 0.1) is 10.1 Å². The van der Waals surface area contributed by atoms with Crippen LogP contribution in [0.5, 0.6) is 0 Å². The second kappa shape index (κ2) is 6.58. The summed E-state index contributed by atoms with van der Waals surface area (Å²) in [7, 11) is 0. The van der Waals surface area contributed by atoms with Crippen molar-refractivity contribution in [2.24, 2.45) is 5.10 Å². The van der Waals surface area contributed by atoms with E-state index >= 15 is 0 Å². The number of benzene rings is 1. The van der Waals surface area contributed by atoms with Gasteiger partial charge in [0.2, 0.25) is 0 Å². The van der Waals surface area contributed by atoms with Crippen LogP contribution in [0.4, 0.5) is 5.69 Å². The molecular weight excluding hydrogens is 296 g/mol. The summed E-state index contributed by atoms with van der Waals surface area (Å²) in [6.07, 6.45) is 2.76. The lowest BCUT2D eigenvalue weighted by Gasteiger charge is -2.00. The van der Waals surface area contributed by atoms with Gasteiger partial charge in [-0.2, -0.15) is 5.10 Å². The Hall–Kier alpha value is -2.80. The zero-order valence-electron chi connectivity index (χ0n) is 10.6. The highest BCUT2D eigenvalue weighted by atomic mass is 35.5. The van der Waals surface area contributed by atoms with Gasteiger partial charge < -0.3 is 0 Å². The molecule has 106 valence electrons. The van der Waals surface area contributed by atoms with Gasteiger partial charge in [0.1, 0.15) is 5.15 Å². The van der Waals surface area contributed by atoms with Gasteiger partial charge in [-0.05, 0) is 12.1 Å². The predicted molar refractivity (Wildman–Crippen MR) is 77.4 cm³/mol. The van der Waals surface area contributed by atoms with Crippen molar-refractivity contribution in [3.63, 3.8) is 0 Å². The molecule has 1 amide bonds. The Morgan fingerprint density at radius 3 is 2.90 bits per heavy atom. The molecule has 8 heteroatoms. The maximum atomic E-state index is 11.8. The summed E-state index contributed by atoms with van der Waals surface area (Å²) < 4.78 is 0. The van der Waals surface area contributed by atoms with Crippen molar-refractivity contribution >= 4 is 29.4 Å². The van der Waals surface area contributed by atoms with Gasteiger partial charge in [-0.15, -0.1) is 0 Å². The average Bonchev–Trinajstić information content (AvgIpc) is 2.48. The highest BCUT2D eigenvalue weighted by molar-refractivity contribution is 6.32. The molecule has 0 saturated heterocycles. The van der Waals surface area contributed by atoms with E-state index in [1.807, 2.05) is 0 Å². The number of aromatic nitrogens is 1. The van der Waals surface area contributed by atoms with Crippen molar-refractivity contribution in [2.75, 3.05) is 0 Å². The van der Waals surface area contributed by atoms with Crippen molar-refractivity contribution in [2.45, 2.75) is 0 Å². The Bertz CT molecular complexity index is 718. The number of nitro groups is 1. The quantitative estimate of drug-likeness (QED) is 0.406. The standard InChI is InChI=1S/C13H9ClN4O3/c14-12-11(5-2-6-15-12)13(19)17-16-8-9-3-1-4-10(7-9)18(20)21/h1-8H,(H,17,19). The Morgan fingerprint density at radius 2 is 2.19 bits per heavy atom. The van der Waals surface area contributed by atoms with E-state index in [0.29, 0.717) is 5.56 Å².